The molecule has 3 rings (SSSR count). The molecule has 0 spiro atoms. The van der Waals surface area contributed by atoms with Crippen molar-refractivity contribution in [2.24, 2.45) is 0 Å². The van der Waals surface area contributed by atoms with Gasteiger partial charge in [0, 0.05) is 11.1 Å². The van der Waals surface area contributed by atoms with Gasteiger partial charge >= 0.3 is 6.16 Å². The Kier molecular flexibility index (Phi) is 5.96. The predicted octanol–water partition coefficient (Wildman–Crippen LogP) is 5.54. The number of hydrogen-bond acceptors (Lipinski definition) is 6. The summed E-state index contributed by atoms with van der Waals surface area (Å²) in [6, 6.07) is 7.67. The summed E-state index contributed by atoms with van der Waals surface area (Å²) in [7, 11) is 1.39. The van der Waals surface area contributed by atoms with Crippen molar-refractivity contribution < 1.29 is 28.2 Å². The van der Waals surface area contributed by atoms with Gasteiger partial charge < -0.3 is 23.9 Å². The lowest BCUT2D eigenvalue weighted by atomic mass is 10.1. The maximum Gasteiger partial charge on any atom is 0.513 e. The highest BCUT2D eigenvalue weighted by Crippen LogP contribution is 2.39. The van der Waals surface area contributed by atoms with Crippen LogP contribution in [0.15, 0.2) is 41.0 Å². The number of rotatable bonds is 5. The van der Waals surface area contributed by atoms with Crippen LogP contribution in [0.3, 0.4) is 0 Å². The highest BCUT2D eigenvalue weighted by Gasteiger charge is 2.26. The molecule has 0 atom stereocenters. The molecule has 0 fully saturated rings. The van der Waals surface area contributed by atoms with Gasteiger partial charge in [-0.1, -0.05) is 23.2 Å². The monoisotopic (exact) mass is 423 g/mol. The van der Waals surface area contributed by atoms with Crippen LogP contribution in [0.25, 0.3) is 11.0 Å². The average Bonchev–Trinajstić information content (AvgIpc) is 3.11. The summed E-state index contributed by atoms with van der Waals surface area (Å²) in [6.45, 7) is 1.74. The number of furan rings is 1. The number of nitrogens with one attached hydrogen (secondary N) is 1. The summed E-state index contributed by atoms with van der Waals surface area (Å²) < 4.78 is 20.7. The van der Waals surface area contributed by atoms with Gasteiger partial charge in [-0.05, 0) is 31.2 Å². The summed E-state index contributed by atoms with van der Waals surface area (Å²) in [5, 5.41) is 3.86. The maximum atomic E-state index is 13.0. The van der Waals surface area contributed by atoms with E-state index in [9.17, 15) is 9.59 Å². The number of amides is 1. The fraction of sp³-hybridized carbons (Fsp3) is 0.158. The number of methoxy groups -OCH3 is 1. The minimum atomic E-state index is -0.964. The second-order valence-corrected chi connectivity index (χ2v) is 6.32. The smallest absolute Gasteiger partial charge is 0.495 e. The highest BCUT2D eigenvalue weighted by atomic mass is 35.5. The van der Waals surface area contributed by atoms with Crippen LogP contribution >= 0.6 is 23.2 Å². The van der Waals surface area contributed by atoms with Crippen LogP contribution in [0.5, 0.6) is 11.5 Å². The number of hydrogen-bond donors (Lipinski definition) is 1. The molecule has 0 aliphatic rings. The molecule has 0 saturated carbocycles. The first-order valence-corrected chi connectivity index (χ1v) is 8.89. The molecule has 1 aromatic heterocycles. The van der Waals surface area contributed by atoms with Crippen molar-refractivity contribution >= 4 is 51.9 Å². The Morgan fingerprint density at radius 3 is 2.64 bits per heavy atom. The Morgan fingerprint density at radius 1 is 1.18 bits per heavy atom. The van der Waals surface area contributed by atoms with E-state index in [2.05, 4.69) is 5.32 Å². The van der Waals surface area contributed by atoms with Crippen molar-refractivity contribution in [2.45, 2.75) is 6.92 Å². The van der Waals surface area contributed by atoms with Gasteiger partial charge in [0.15, 0.2) is 5.75 Å². The van der Waals surface area contributed by atoms with Crippen LogP contribution in [-0.4, -0.2) is 25.8 Å². The van der Waals surface area contributed by atoms with Gasteiger partial charge in [-0.15, -0.1) is 0 Å². The van der Waals surface area contributed by atoms with Crippen molar-refractivity contribution in [3.8, 4) is 11.5 Å². The molecule has 7 nitrogen and oxygen atoms in total. The lowest BCUT2D eigenvalue weighted by Gasteiger charge is -2.15. The van der Waals surface area contributed by atoms with Gasteiger partial charge in [-0.3, -0.25) is 4.79 Å². The summed E-state index contributed by atoms with van der Waals surface area (Å²) in [6.07, 6.45) is 0.466. The highest BCUT2D eigenvalue weighted by molar-refractivity contribution is 6.37. The third-order valence-corrected chi connectivity index (χ3v) is 4.29. The van der Waals surface area contributed by atoms with E-state index >= 15 is 0 Å². The standard InChI is InChI=1S/C19H15Cl2NO6/c1-3-26-19(24)28-15-9-14-11(6-7-27-14)17(25-2)16(15)18(23)22-13-5-4-10(20)8-12(13)21/h4-9H,3H2,1-2H3,(H,22,23). The summed E-state index contributed by atoms with van der Waals surface area (Å²) in [5.74, 6) is -0.517. The molecule has 1 N–H and O–H groups in total. The molecule has 146 valence electrons. The van der Waals surface area contributed by atoms with E-state index in [-0.39, 0.29) is 28.7 Å². The van der Waals surface area contributed by atoms with Crippen molar-refractivity contribution in [1.82, 2.24) is 0 Å². The van der Waals surface area contributed by atoms with E-state index in [0.717, 1.165) is 0 Å². The SMILES string of the molecule is CCOC(=O)Oc1cc2occc2c(OC)c1C(=O)Nc1ccc(Cl)cc1Cl. The van der Waals surface area contributed by atoms with E-state index in [1.54, 1.807) is 25.1 Å². The third-order valence-electron chi connectivity index (χ3n) is 3.74. The van der Waals surface area contributed by atoms with E-state index in [4.69, 9.17) is 41.8 Å². The predicted molar refractivity (Wildman–Crippen MR) is 105 cm³/mol. The molecule has 1 heterocycles. The van der Waals surface area contributed by atoms with E-state index < -0.39 is 12.1 Å². The summed E-state index contributed by atoms with van der Waals surface area (Å²) >= 11 is 12.0. The molecule has 0 aliphatic carbocycles. The zero-order valence-corrected chi connectivity index (χ0v) is 16.4. The minimum Gasteiger partial charge on any atom is -0.495 e. The van der Waals surface area contributed by atoms with Gasteiger partial charge in [0.1, 0.15) is 16.9 Å². The van der Waals surface area contributed by atoms with Crippen LogP contribution in [0.1, 0.15) is 17.3 Å². The van der Waals surface area contributed by atoms with Gasteiger partial charge in [0.05, 0.1) is 36.1 Å². The molecule has 0 aliphatic heterocycles. The Bertz CT molecular complexity index is 1050. The van der Waals surface area contributed by atoms with Gasteiger partial charge in [0.25, 0.3) is 5.91 Å². The number of carbonyl (C=O) groups is 2. The molecule has 2 aromatic carbocycles. The van der Waals surface area contributed by atoms with Crippen molar-refractivity contribution in [3.05, 3.63) is 52.2 Å². The molecule has 1 amide bonds. The molecule has 0 unspecified atom stereocenters. The molecule has 28 heavy (non-hydrogen) atoms. The fourth-order valence-corrected chi connectivity index (χ4v) is 3.03. The van der Waals surface area contributed by atoms with Gasteiger partial charge in [-0.25, -0.2) is 4.79 Å². The summed E-state index contributed by atoms with van der Waals surface area (Å²) in [4.78, 5) is 24.8. The zero-order valence-electron chi connectivity index (χ0n) is 14.9. The number of halogens is 2. The Morgan fingerprint density at radius 2 is 1.96 bits per heavy atom. The normalized spacial score (nSPS) is 10.6. The molecular weight excluding hydrogens is 409 g/mol. The molecule has 0 radical (unpaired) electrons. The topological polar surface area (TPSA) is 87.0 Å². The van der Waals surface area contributed by atoms with Crippen LogP contribution < -0.4 is 14.8 Å². The average molecular weight is 424 g/mol. The first-order valence-electron chi connectivity index (χ1n) is 8.13. The first kappa shape index (κ1) is 19.9. The second kappa shape index (κ2) is 8.41. The Labute approximate surface area is 170 Å². The number of benzene rings is 2. The van der Waals surface area contributed by atoms with Crippen LogP contribution in [0.4, 0.5) is 10.5 Å². The van der Waals surface area contributed by atoms with Gasteiger partial charge in [-0.2, -0.15) is 0 Å². The second-order valence-electron chi connectivity index (χ2n) is 5.48. The number of carbonyl (C=O) groups excluding carboxylic acids is 2. The van der Waals surface area contributed by atoms with Crippen LogP contribution in [0.2, 0.25) is 10.0 Å². The zero-order chi connectivity index (χ0) is 20.3. The molecule has 9 heteroatoms. The lowest BCUT2D eigenvalue weighted by Crippen LogP contribution is -2.18. The molecular formula is C19H15Cl2NO6. The summed E-state index contributed by atoms with van der Waals surface area (Å²) in [5.41, 5.74) is 0.681. The number of fused-ring (bicyclic) bond motifs is 1. The minimum absolute atomic E-state index is 0.0181. The first-order chi connectivity index (χ1) is 13.4. The fourth-order valence-electron chi connectivity index (χ4n) is 2.58. The van der Waals surface area contributed by atoms with Crippen molar-refractivity contribution in [2.75, 3.05) is 19.0 Å². The number of ether oxygens (including phenoxy) is 3. The molecule has 0 saturated heterocycles. The maximum absolute atomic E-state index is 13.0. The molecule has 0 bridgehead atoms. The molecule has 3 aromatic rings. The number of anilines is 1. The Balaban J connectivity index is 2.07. The van der Waals surface area contributed by atoms with Crippen molar-refractivity contribution in [3.63, 3.8) is 0 Å². The quantitative estimate of drug-likeness (QED) is 0.428. The van der Waals surface area contributed by atoms with Crippen LogP contribution in [-0.2, 0) is 4.74 Å². The van der Waals surface area contributed by atoms with Gasteiger partial charge in [0.2, 0.25) is 0 Å². The van der Waals surface area contributed by atoms with E-state index in [1.807, 2.05) is 0 Å². The Hall–Kier alpha value is -2.90. The van der Waals surface area contributed by atoms with Crippen molar-refractivity contribution in [1.29, 1.82) is 0 Å². The van der Waals surface area contributed by atoms with E-state index in [0.29, 0.717) is 21.7 Å². The largest absolute Gasteiger partial charge is 0.513 e. The van der Waals surface area contributed by atoms with E-state index in [1.165, 1.54) is 25.5 Å². The lowest BCUT2D eigenvalue weighted by molar-refractivity contribution is 0.0991. The van der Waals surface area contributed by atoms with Crippen LogP contribution in [0, 0.1) is 0 Å². The third kappa shape index (κ3) is 4.00.